The summed E-state index contributed by atoms with van der Waals surface area (Å²) in [5, 5.41) is 0. The lowest BCUT2D eigenvalue weighted by molar-refractivity contribution is 0.224. The van der Waals surface area contributed by atoms with E-state index in [0.29, 0.717) is 0 Å². The van der Waals surface area contributed by atoms with Gasteiger partial charge in [0.2, 0.25) is 0 Å². The first-order valence-electron chi connectivity index (χ1n) is 7.62. The summed E-state index contributed by atoms with van der Waals surface area (Å²) in [6.07, 6.45) is 9.64. The largest absolute Gasteiger partial charge is 0.303 e. The van der Waals surface area contributed by atoms with Crippen molar-refractivity contribution in [2.24, 2.45) is 0 Å². The van der Waals surface area contributed by atoms with Crippen molar-refractivity contribution in [2.75, 3.05) is 19.6 Å². The molecule has 1 aliphatic rings. The fourth-order valence-electron chi connectivity index (χ4n) is 2.78. The van der Waals surface area contributed by atoms with E-state index in [1.807, 2.05) is 0 Å². The first-order chi connectivity index (χ1) is 8.84. The van der Waals surface area contributed by atoms with Gasteiger partial charge in [-0.1, -0.05) is 42.7 Å². The summed E-state index contributed by atoms with van der Waals surface area (Å²) < 4.78 is 0. The second-order valence-corrected chi connectivity index (χ2v) is 5.70. The van der Waals surface area contributed by atoms with Gasteiger partial charge in [-0.05, 0) is 64.2 Å². The maximum atomic E-state index is 2.65. The molecular weight excluding hydrogens is 218 g/mol. The molecule has 2 rings (SSSR count). The number of unbranched alkanes of at least 4 members (excludes halogenated alkanes) is 2. The lowest BCUT2D eigenvalue weighted by Gasteiger charge is -2.26. The molecule has 0 unspecified atom stereocenters. The number of hydrogen-bond donors (Lipinski definition) is 0. The highest BCUT2D eigenvalue weighted by molar-refractivity contribution is 5.21. The van der Waals surface area contributed by atoms with Gasteiger partial charge in [-0.2, -0.15) is 0 Å². The van der Waals surface area contributed by atoms with E-state index < -0.39 is 0 Å². The van der Waals surface area contributed by atoms with Crippen LogP contribution in [0.1, 0.15) is 49.7 Å². The molecule has 0 amide bonds. The van der Waals surface area contributed by atoms with Crippen LogP contribution in [-0.2, 0) is 6.42 Å². The molecular formula is C17H27N. The minimum Gasteiger partial charge on any atom is -0.303 e. The Morgan fingerprint density at radius 1 is 0.889 bits per heavy atom. The third-order valence-electron chi connectivity index (χ3n) is 4.01. The summed E-state index contributed by atoms with van der Waals surface area (Å²) in [6.45, 7) is 6.17. The van der Waals surface area contributed by atoms with Crippen molar-refractivity contribution in [1.82, 2.24) is 4.90 Å². The van der Waals surface area contributed by atoms with Crippen LogP contribution >= 0.6 is 0 Å². The number of rotatable bonds is 6. The highest BCUT2D eigenvalue weighted by atomic mass is 15.1. The molecule has 1 heterocycles. The van der Waals surface area contributed by atoms with E-state index in [1.54, 1.807) is 0 Å². The summed E-state index contributed by atoms with van der Waals surface area (Å²) in [5.74, 6) is 0. The minimum atomic E-state index is 1.25. The van der Waals surface area contributed by atoms with Crippen molar-refractivity contribution in [3.8, 4) is 0 Å². The van der Waals surface area contributed by atoms with Crippen molar-refractivity contribution in [3.63, 3.8) is 0 Å². The van der Waals surface area contributed by atoms with Gasteiger partial charge >= 0.3 is 0 Å². The highest BCUT2D eigenvalue weighted by Gasteiger charge is 2.08. The van der Waals surface area contributed by atoms with E-state index in [0.717, 1.165) is 0 Å². The average Bonchev–Trinajstić information content (AvgIpc) is 2.42. The summed E-state index contributed by atoms with van der Waals surface area (Å²) in [5.41, 5.74) is 2.86. The van der Waals surface area contributed by atoms with Gasteiger partial charge in [-0.25, -0.2) is 0 Å². The zero-order valence-electron chi connectivity index (χ0n) is 11.8. The van der Waals surface area contributed by atoms with Crippen LogP contribution in [0.2, 0.25) is 0 Å². The van der Waals surface area contributed by atoms with Gasteiger partial charge in [0.15, 0.2) is 0 Å². The number of benzene rings is 1. The molecule has 0 N–H and O–H groups in total. The Morgan fingerprint density at radius 2 is 1.61 bits per heavy atom. The molecule has 0 atom stereocenters. The predicted molar refractivity (Wildman–Crippen MR) is 79.0 cm³/mol. The van der Waals surface area contributed by atoms with E-state index in [1.165, 1.54) is 75.7 Å². The second-order valence-electron chi connectivity index (χ2n) is 5.70. The van der Waals surface area contributed by atoms with Crippen molar-refractivity contribution in [1.29, 1.82) is 0 Å². The normalized spacial score (nSPS) is 16.9. The van der Waals surface area contributed by atoms with Crippen molar-refractivity contribution >= 4 is 0 Å². The van der Waals surface area contributed by atoms with E-state index in [2.05, 4.69) is 36.1 Å². The third-order valence-corrected chi connectivity index (χ3v) is 4.01. The SMILES string of the molecule is Cc1ccc(CCCCCN2CCCCC2)cc1. The Morgan fingerprint density at radius 3 is 2.33 bits per heavy atom. The van der Waals surface area contributed by atoms with Crippen LogP contribution in [0.25, 0.3) is 0 Å². The lowest BCUT2D eigenvalue weighted by Crippen LogP contribution is -2.30. The number of aryl methyl sites for hydroxylation is 2. The van der Waals surface area contributed by atoms with Gasteiger partial charge in [-0.3, -0.25) is 0 Å². The van der Waals surface area contributed by atoms with Crippen LogP contribution in [0.15, 0.2) is 24.3 Å². The van der Waals surface area contributed by atoms with Gasteiger partial charge in [0.1, 0.15) is 0 Å². The molecule has 1 aliphatic heterocycles. The maximum Gasteiger partial charge on any atom is -0.00187 e. The molecule has 1 fully saturated rings. The quantitative estimate of drug-likeness (QED) is 0.679. The first-order valence-corrected chi connectivity index (χ1v) is 7.62. The minimum absolute atomic E-state index is 1.25. The lowest BCUT2D eigenvalue weighted by atomic mass is 10.1. The maximum absolute atomic E-state index is 2.65. The van der Waals surface area contributed by atoms with Crippen LogP contribution in [-0.4, -0.2) is 24.5 Å². The third kappa shape index (κ3) is 4.81. The number of nitrogens with zero attached hydrogens (tertiary/aromatic N) is 1. The number of likely N-dealkylation sites (tertiary alicyclic amines) is 1. The van der Waals surface area contributed by atoms with Crippen LogP contribution in [0.5, 0.6) is 0 Å². The molecule has 1 nitrogen and oxygen atoms in total. The van der Waals surface area contributed by atoms with E-state index >= 15 is 0 Å². The Labute approximate surface area is 112 Å². The van der Waals surface area contributed by atoms with Gasteiger partial charge in [-0.15, -0.1) is 0 Å². The van der Waals surface area contributed by atoms with E-state index in [-0.39, 0.29) is 0 Å². The van der Waals surface area contributed by atoms with Crippen LogP contribution in [0, 0.1) is 6.92 Å². The molecule has 0 aliphatic carbocycles. The Bertz CT molecular complexity index is 322. The monoisotopic (exact) mass is 245 g/mol. The highest BCUT2D eigenvalue weighted by Crippen LogP contribution is 2.11. The van der Waals surface area contributed by atoms with E-state index in [4.69, 9.17) is 0 Å². The Balaban J connectivity index is 1.54. The molecule has 0 spiro atoms. The van der Waals surface area contributed by atoms with Crippen LogP contribution < -0.4 is 0 Å². The van der Waals surface area contributed by atoms with Gasteiger partial charge in [0, 0.05) is 0 Å². The van der Waals surface area contributed by atoms with Crippen molar-refractivity contribution in [3.05, 3.63) is 35.4 Å². The smallest absolute Gasteiger partial charge is 0.00187 e. The van der Waals surface area contributed by atoms with Gasteiger partial charge in [0.25, 0.3) is 0 Å². The molecule has 1 aromatic carbocycles. The van der Waals surface area contributed by atoms with Crippen LogP contribution in [0.4, 0.5) is 0 Å². The molecule has 0 radical (unpaired) electrons. The predicted octanol–water partition coefficient (Wildman–Crippen LogP) is 4.19. The fraction of sp³-hybridized carbons (Fsp3) is 0.647. The van der Waals surface area contributed by atoms with Crippen molar-refractivity contribution < 1.29 is 0 Å². The number of piperidine rings is 1. The van der Waals surface area contributed by atoms with Crippen molar-refractivity contribution in [2.45, 2.75) is 51.9 Å². The second kappa shape index (κ2) is 7.58. The molecule has 1 aromatic rings. The fourth-order valence-corrected chi connectivity index (χ4v) is 2.78. The molecule has 18 heavy (non-hydrogen) atoms. The van der Waals surface area contributed by atoms with Gasteiger partial charge in [0.05, 0.1) is 0 Å². The molecule has 0 bridgehead atoms. The molecule has 1 saturated heterocycles. The topological polar surface area (TPSA) is 3.24 Å². The summed E-state index contributed by atoms with van der Waals surface area (Å²) in [7, 11) is 0. The summed E-state index contributed by atoms with van der Waals surface area (Å²) in [6, 6.07) is 9.01. The summed E-state index contributed by atoms with van der Waals surface area (Å²) >= 11 is 0. The molecule has 1 heteroatoms. The van der Waals surface area contributed by atoms with E-state index in [9.17, 15) is 0 Å². The average molecular weight is 245 g/mol. The summed E-state index contributed by atoms with van der Waals surface area (Å²) in [4.78, 5) is 2.65. The standard InChI is InChI=1S/C17H27N/c1-16-9-11-17(12-10-16)8-4-2-5-13-18-14-6-3-7-15-18/h9-12H,2-8,13-15H2,1H3. The molecule has 0 aromatic heterocycles. The van der Waals surface area contributed by atoms with Gasteiger partial charge < -0.3 is 4.90 Å². The first kappa shape index (κ1) is 13.6. The zero-order valence-corrected chi connectivity index (χ0v) is 11.8. The Kier molecular flexibility index (Phi) is 5.73. The molecule has 0 saturated carbocycles. The molecule has 100 valence electrons. The zero-order chi connectivity index (χ0) is 12.6. The number of hydrogen-bond acceptors (Lipinski definition) is 1. The van der Waals surface area contributed by atoms with Crippen LogP contribution in [0.3, 0.4) is 0 Å². The Hall–Kier alpha value is -0.820.